The van der Waals surface area contributed by atoms with Crippen LogP contribution in [0.15, 0.2) is 21.9 Å². The summed E-state index contributed by atoms with van der Waals surface area (Å²) in [5.41, 5.74) is 0.957. The van der Waals surface area contributed by atoms with E-state index >= 15 is 0 Å². The number of carbonyl (C=O) groups is 2. The number of morpholine rings is 1. The van der Waals surface area contributed by atoms with Gasteiger partial charge in [-0.3, -0.25) is 9.69 Å². The van der Waals surface area contributed by atoms with Crippen LogP contribution in [0.3, 0.4) is 0 Å². The van der Waals surface area contributed by atoms with Crippen LogP contribution in [0.4, 0.5) is 5.00 Å². The second-order valence-corrected chi connectivity index (χ2v) is 7.86. The molecule has 0 spiro atoms. The average Bonchev–Trinajstić information content (AvgIpc) is 3.20. The number of rotatable bonds is 6. The van der Waals surface area contributed by atoms with Crippen LogP contribution < -0.4 is 5.32 Å². The van der Waals surface area contributed by atoms with Crippen molar-refractivity contribution in [1.82, 2.24) is 4.90 Å². The molecule has 1 aliphatic heterocycles. The van der Waals surface area contributed by atoms with Crippen molar-refractivity contribution in [2.75, 3.05) is 31.6 Å². The number of aryl methyl sites for hydroxylation is 1. The fourth-order valence-electron chi connectivity index (χ4n) is 3.40. The molecule has 1 fully saturated rings. The quantitative estimate of drug-likeness (QED) is 0.739. The van der Waals surface area contributed by atoms with E-state index in [1.54, 1.807) is 12.3 Å². The Balaban J connectivity index is 1.78. The molecule has 28 heavy (non-hydrogen) atoms. The molecule has 1 saturated heterocycles. The maximum Gasteiger partial charge on any atom is 0.341 e. The largest absolute Gasteiger partial charge is 0.462 e. The van der Waals surface area contributed by atoms with Gasteiger partial charge in [0.1, 0.15) is 22.1 Å². The normalized spacial score (nSPS) is 20.1. The first-order valence-corrected chi connectivity index (χ1v) is 10.3. The molecular weight excluding hydrogens is 380 g/mol. The van der Waals surface area contributed by atoms with E-state index in [-0.39, 0.29) is 31.3 Å². The molecule has 0 unspecified atom stereocenters. The molecule has 8 heteroatoms. The Morgan fingerprint density at radius 1 is 1.29 bits per heavy atom. The van der Waals surface area contributed by atoms with E-state index in [0.29, 0.717) is 35.0 Å². The molecule has 1 amide bonds. The number of hydrogen-bond acceptors (Lipinski definition) is 7. The standard InChI is InChI=1S/C20H26N2O5S/c1-5-25-20(24)18-15(16-7-6-12(2)27-16)11-28-19(18)21-17(23)10-22-8-13(3)26-14(4)9-22/h6-7,11,13-14H,5,8-10H2,1-4H3,(H,21,23)/t13-,14-/m1/s1. The third kappa shape index (κ3) is 4.81. The van der Waals surface area contributed by atoms with Crippen molar-refractivity contribution >= 4 is 28.2 Å². The van der Waals surface area contributed by atoms with Crippen molar-refractivity contribution in [1.29, 1.82) is 0 Å². The first-order valence-electron chi connectivity index (χ1n) is 9.40. The maximum atomic E-state index is 12.6. The monoisotopic (exact) mass is 406 g/mol. The summed E-state index contributed by atoms with van der Waals surface area (Å²) in [6.07, 6.45) is 0.171. The number of hydrogen-bond donors (Lipinski definition) is 1. The molecule has 3 heterocycles. The second-order valence-electron chi connectivity index (χ2n) is 6.98. The average molecular weight is 407 g/mol. The summed E-state index contributed by atoms with van der Waals surface area (Å²) >= 11 is 1.29. The Morgan fingerprint density at radius 2 is 2.00 bits per heavy atom. The number of nitrogens with zero attached hydrogens (tertiary/aromatic N) is 1. The number of anilines is 1. The zero-order chi connectivity index (χ0) is 20.3. The van der Waals surface area contributed by atoms with E-state index in [1.807, 2.05) is 32.9 Å². The summed E-state index contributed by atoms with van der Waals surface area (Å²) in [5.74, 6) is 0.679. The molecular formula is C20H26N2O5S. The van der Waals surface area contributed by atoms with Gasteiger partial charge in [0.25, 0.3) is 0 Å². The van der Waals surface area contributed by atoms with Gasteiger partial charge in [-0.15, -0.1) is 11.3 Å². The molecule has 0 bridgehead atoms. The summed E-state index contributed by atoms with van der Waals surface area (Å²) in [4.78, 5) is 27.2. The molecule has 0 aliphatic carbocycles. The predicted octanol–water partition coefficient (Wildman–Crippen LogP) is 3.54. The van der Waals surface area contributed by atoms with E-state index < -0.39 is 5.97 Å². The van der Waals surface area contributed by atoms with Crippen molar-refractivity contribution in [2.24, 2.45) is 0 Å². The SMILES string of the molecule is CCOC(=O)c1c(-c2ccc(C)o2)csc1NC(=O)CN1C[C@@H](C)O[C@H](C)C1. The summed E-state index contributed by atoms with van der Waals surface area (Å²) < 4.78 is 16.6. The molecule has 2 aromatic rings. The van der Waals surface area contributed by atoms with Crippen molar-refractivity contribution < 1.29 is 23.5 Å². The van der Waals surface area contributed by atoms with Crippen molar-refractivity contribution in [3.05, 3.63) is 28.8 Å². The fraction of sp³-hybridized carbons (Fsp3) is 0.500. The lowest BCUT2D eigenvalue weighted by Crippen LogP contribution is -2.48. The summed E-state index contributed by atoms with van der Waals surface area (Å²) in [6.45, 7) is 9.48. The first-order chi connectivity index (χ1) is 13.4. The van der Waals surface area contributed by atoms with Crippen LogP contribution in [0.25, 0.3) is 11.3 Å². The Kier molecular flexibility index (Phi) is 6.53. The fourth-order valence-corrected chi connectivity index (χ4v) is 4.35. The highest BCUT2D eigenvalue weighted by Crippen LogP contribution is 2.37. The van der Waals surface area contributed by atoms with E-state index in [2.05, 4.69) is 10.2 Å². The zero-order valence-corrected chi connectivity index (χ0v) is 17.4. The molecule has 2 aromatic heterocycles. The van der Waals surface area contributed by atoms with Crippen molar-refractivity contribution in [3.63, 3.8) is 0 Å². The number of carbonyl (C=O) groups excluding carboxylic acids is 2. The summed E-state index contributed by atoms with van der Waals surface area (Å²) in [7, 11) is 0. The van der Waals surface area contributed by atoms with Gasteiger partial charge in [0.15, 0.2) is 0 Å². The zero-order valence-electron chi connectivity index (χ0n) is 16.6. The Bertz CT molecular complexity index is 834. The minimum atomic E-state index is -0.475. The topological polar surface area (TPSA) is 81.0 Å². The molecule has 7 nitrogen and oxygen atoms in total. The van der Waals surface area contributed by atoms with Gasteiger partial charge < -0.3 is 19.2 Å². The molecule has 1 N–H and O–H groups in total. The van der Waals surface area contributed by atoms with Crippen LogP contribution in [0.1, 0.15) is 36.9 Å². The van der Waals surface area contributed by atoms with Gasteiger partial charge in [-0.1, -0.05) is 0 Å². The van der Waals surface area contributed by atoms with Gasteiger partial charge in [-0.05, 0) is 39.8 Å². The Morgan fingerprint density at radius 3 is 2.61 bits per heavy atom. The van der Waals surface area contributed by atoms with Gasteiger partial charge >= 0.3 is 5.97 Å². The third-order valence-electron chi connectivity index (χ3n) is 4.39. The lowest BCUT2D eigenvalue weighted by molar-refractivity contribution is -0.121. The molecule has 152 valence electrons. The van der Waals surface area contributed by atoms with E-state index in [9.17, 15) is 9.59 Å². The number of esters is 1. The van der Waals surface area contributed by atoms with Gasteiger partial charge in [-0.2, -0.15) is 0 Å². The molecule has 3 rings (SSSR count). The molecule has 1 aliphatic rings. The van der Waals surface area contributed by atoms with Gasteiger partial charge in [0, 0.05) is 24.0 Å². The van der Waals surface area contributed by atoms with Crippen LogP contribution in [-0.2, 0) is 14.3 Å². The lowest BCUT2D eigenvalue weighted by atomic mass is 10.1. The smallest absolute Gasteiger partial charge is 0.341 e. The van der Waals surface area contributed by atoms with Crippen LogP contribution in [0.2, 0.25) is 0 Å². The van der Waals surface area contributed by atoms with Crippen LogP contribution in [0, 0.1) is 6.92 Å². The Labute approximate surface area is 168 Å². The Hall–Kier alpha value is -2.16. The predicted molar refractivity (Wildman–Crippen MR) is 108 cm³/mol. The minimum absolute atomic E-state index is 0.0853. The minimum Gasteiger partial charge on any atom is -0.462 e. The molecule has 0 radical (unpaired) electrons. The third-order valence-corrected chi connectivity index (χ3v) is 5.29. The van der Waals surface area contributed by atoms with Crippen molar-refractivity contribution in [3.8, 4) is 11.3 Å². The number of ether oxygens (including phenoxy) is 2. The summed E-state index contributed by atoms with van der Waals surface area (Å²) in [6, 6.07) is 3.64. The number of furan rings is 1. The maximum absolute atomic E-state index is 12.6. The summed E-state index contributed by atoms with van der Waals surface area (Å²) in [5, 5.41) is 5.16. The highest BCUT2D eigenvalue weighted by atomic mass is 32.1. The second kappa shape index (κ2) is 8.89. The van der Waals surface area contributed by atoms with Crippen LogP contribution in [0.5, 0.6) is 0 Å². The molecule has 0 saturated carbocycles. The van der Waals surface area contributed by atoms with E-state index in [1.165, 1.54) is 11.3 Å². The van der Waals surface area contributed by atoms with E-state index in [4.69, 9.17) is 13.9 Å². The van der Waals surface area contributed by atoms with E-state index in [0.717, 1.165) is 5.76 Å². The number of amides is 1. The number of nitrogens with one attached hydrogen (secondary N) is 1. The lowest BCUT2D eigenvalue weighted by Gasteiger charge is -2.34. The van der Waals surface area contributed by atoms with Gasteiger partial charge in [-0.25, -0.2) is 4.79 Å². The number of thiophene rings is 1. The highest BCUT2D eigenvalue weighted by Gasteiger charge is 2.27. The first kappa shape index (κ1) is 20.6. The molecule has 2 atom stereocenters. The van der Waals surface area contributed by atoms with Gasteiger partial charge in [0.2, 0.25) is 5.91 Å². The molecule has 0 aromatic carbocycles. The van der Waals surface area contributed by atoms with Gasteiger partial charge in [0.05, 0.1) is 25.4 Å². The highest BCUT2D eigenvalue weighted by molar-refractivity contribution is 7.15. The van der Waals surface area contributed by atoms with Crippen molar-refractivity contribution in [2.45, 2.75) is 39.9 Å². The van der Waals surface area contributed by atoms with Crippen LogP contribution in [-0.4, -0.2) is 55.2 Å². The van der Waals surface area contributed by atoms with Crippen LogP contribution >= 0.6 is 11.3 Å².